The average molecular weight is 392 g/mol. The number of nitrogen functional groups attached to an aromatic ring is 1. The van der Waals surface area contributed by atoms with Crippen LogP contribution in [0.4, 0.5) is 5.82 Å². The maximum atomic E-state index is 12.2. The number of hydrogen-bond donors (Lipinski definition) is 4. The minimum atomic E-state index is -1.23. The van der Waals surface area contributed by atoms with Crippen LogP contribution in [0.15, 0.2) is 12.7 Å². The third-order valence-corrected chi connectivity index (χ3v) is 4.86. The van der Waals surface area contributed by atoms with Crippen LogP contribution in [-0.4, -0.2) is 65.8 Å². The van der Waals surface area contributed by atoms with Crippen LogP contribution in [0.25, 0.3) is 11.2 Å². The molecular formula is C17H24N6O5. The number of nitrogens with one attached hydrogen (secondary N) is 1. The summed E-state index contributed by atoms with van der Waals surface area (Å²) >= 11 is 0. The molecule has 28 heavy (non-hydrogen) atoms. The number of nitrogens with two attached hydrogens (primary N) is 1. The fourth-order valence-corrected chi connectivity index (χ4v) is 3.18. The van der Waals surface area contributed by atoms with Crippen molar-refractivity contribution < 1.29 is 24.5 Å². The number of aliphatic hydroxyl groups excluding tert-OH is 2. The van der Waals surface area contributed by atoms with E-state index in [1.54, 1.807) is 13.8 Å². The summed E-state index contributed by atoms with van der Waals surface area (Å²) in [6.45, 7) is 3.32. The number of ether oxygens (including phenoxy) is 1. The molecule has 2 aromatic heterocycles. The van der Waals surface area contributed by atoms with Crippen molar-refractivity contribution in [1.82, 2.24) is 24.8 Å². The molecule has 3 rings (SSSR count). The number of aromatic nitrogens is 4. The van der Waals surface area contributed by atoms with Gasteiger partial charge in [0.1, 0.15) is 24.1 Å². The summed E-state index contributed by atoms with van der Waals surface area (Å²) in [6.07, 6.45) is -0.831. The van der Waals surface area contributed by atoms with Crippen LogP contribution in [0.5, 0.6) is 0 Å². The molecule has 11 nitrogen and oxygen atoms in total. The highest BCUT2D eigenvalue weighted by Gasteiger charge is 2.44. The van der Waals surface area contributed by atoms with Crippen molar-refractivity contribution >= 4 is 28.7 Å². The Morgan fingerprint density at radius 3 is 2.79 bits per heavy atom. The van der Waals surface area contributed by atoms with Gasteiger partial charge in [-0.15, -0.1) is 0 Å². The quantitative estimate of drug-likeness (QED) is 0.476. The predicted octanol–water partition coefficient (Wildman–Crippen LogP) is -0.708. The van der Waals surface area contributed by atoms with Gasteiger partial charge in [-0.2, -0.15) is 0 Å². The van der Waals surface area contributed by atoms with Crippen LogP contribution in [0.2, 0.25) is 0 Å². The van der Waals surface area contributed by atoms with Gasteiger partial charge < -0.3 is 26.0 Å². The number of ketones is 1. The first-order valence-electron chi connectivity index (χ1n) is 9.10. The summed E-state index contributed by atoms with van der Waals surface area (Å²) in [5, 5.41) is 23.4. The molecule has 1 fully saturated rings. The molecule has 3 heterocycles. The van der Waals surface area contributed by atoms with E-state index in [2.05, 4.69) is 20.3 Å². The van der Waals surface area contributed by atoms with E-state index in [-0.39, 0.29) is 30.3 Å². The summed E-state index contributed by atoms with van der Waals surface area (Å²) < 4.78 is 7.27. The lowest BCUT2D eigenvalue weighted by atomic mass is 10.0. The summed E-state index contributed by atoms with van der Waals surface area (Å²) in [7, 11) is 0. The van der Waals surface area contributed by atoms with Gasteiger partial charge in [0.2, 0.25) is 5.91 Å². The van der Waals surface area contributed by atoms with Crippen LogP contribution in [0.3, 0.4) is 0 Å². The summed E-state index contributed by atoms with van der Waals surface area (Å²) in [5.41, 5.74) is 6.50. The first kappa shape index (κ1) is 20.1. The van der Waals surface area contributed by atoms with E-state index in [0.717, 1.165) is 0 Å². The molecule has 1 amide bonds. The molecule has 0 bridgehead atoms. The number of aliphatic hydroxyl groups is 2. The molecule has 0 aliphatic carbocycles. The Kier molecular flexibility index (Phi) is 5.87. The number of nitrogens with zero attached hydrogens (tertiary/aromatic N) is 4. The molecule has 11 heteroatoms. The first-order chi connectivity index (χ1) is 13.3. The summed E-state index contributed by atoms with van der Waals surface area (Å²) in [6, 6.07) is -0.621. The predicted molar refractivity (Wildman–Crippen MR) is 97.8 cm³/mol. The summed E-state index contributed by atoms with van der Waals surface area (Å²) in [4.78, 5) is 35.7. The standard InChI is InChI=1S/C17H24N6O5/c1-3-11(25)22-8(2)9(24)4-5-10-13(26)14(27)17(28-10)23-7-21-12-15(18)19-6-20-16(12)23/h6-8,10,13-14,17,26-27H,3-5H2,1-2H3,(H,22,25)(H2,18,19,20)/t8?,10?,13-,14-,17-/m1/s1. The smallest absolute Gasteiger partial charge is 0.220 e. The van der Waals surface area contributed by atoms with Gasteiger partial charge in [0, 0.05) is 12.8 Å². The largest absolute Gasteiger partial charge is 0.388 e. The van der Waals surface area contributed by atoms with Crippen molar-refractivity contribution in [3.05, 3.63) is 12.7 Å². The van der Waals surface area contributed by atoms with Crippen LogP contribution < -0.4 is 11.1 Å². The van der Waals surface area contributed by atoms with Crippen LogP contribution in [0, 0.1) is 0 Å². The van der Waals surface area contributed by atoms with Crippen LogP contribution >= 0.6 is 0 Å². The van der Waals surface area contributed by atoms with Gasteiger partial charge >= 0.3 is 0 Å². The molecule has 2 unspecified atom stereocenters. The number of fused-ring (bicyclic) bond motifs is 1. The minimum absolute atomic E-state index is 0.0894. The fraction of sp³-hybridized carbons (Fsp3) is 0.588. The second kappa shape index (κ2) is 8.17. The molecule has 152 valence electrons. The second-order valence-electron chi connectivity index (χ2n) is 6.78. The molecule has 5 N–H and O–H groups in total. The average Bonchev–Trinajstić information content (AvgIpc) is 3.22. The Bertz CT molecular complexity index is 871. The van der Waals surface area contributed by atoms with E-state index in [1.807, 2.05) is 0 Å². The topological polar surface area (TPSA) is 165 Å². The highest BCUT2D eigenvalue weighted by Crippen LogP contribution is 2.33. The zero-order valence-electron chi connectivity index (χ0n) is 15.6. The number of Topliss-reactive ketones (excluding diaryl/α,β-unsaturated/α-hetero) is 1. The highest BCUT2D eigenvalue weighted by molar-refractivity contribution is 5.88. The molecule has 0 spiro atoms. The maximum absolute atomic E-state index is 12.2. The Morgan fingerprint density at radius 2 is 2.07 bits per heavy atom. The molecule has 5 atom stereocenters. The van der Waals surface area contributed by atoms with Gasteiger partial charge in [-0.05, 0) is 13.3 Å². The van der Waals surface area contributed by atoms with E-state index in [9.17, 15) is 19.8 Å². The van der Waals surface area contributed by atoms with E-state index in [0.29, 0.717) is 17.6 Å². The van der Waals surface area contributed by atoms with Crippen LogP contribution in [0.1, 0.15) is 39.3 Å². The second-order valence-corrected chi connectivity index (χ2v) is 6.78. The van der Waals surface area contributed by atoms with E-state index >= 15 is 0 Å². The van der Waals surface area contributed by atoms with Crippen LogP contribution in [-0.2, 0) is 14.3 Å². The molecular weight excluding hydrogens is 368 g/mol. The number of rotatable bonds is 7. The Morgan fingerprint density at radius 1 is 1.32 bits per heavy atom. The van der Waals surface area contributed by atoms with Gasteiger partial charge in [0.15, 0.2) is 23.5 Å². The number of hydrogen-bond acceptors (Lipinski definition) is 9. The molecule has 0 aromatic carbocycles. The molecule has 0 saturated carbocycles. The van der Waals surface area contributed by atoms with Crippen molar-refractivity contribution in [1.29, 1.82) is 0 Å². The van der Waals surface area contributed by atoms with Gasteiger partial charge in [-0.25, -0.2) is 15.0 Å². The highest BCUT2D eigenvalue weighted by atomic mass is 16.6. The molecule has 1 aliphatic rings. The third-order valence-electron chi connectivity index (χ3n) is 4.86. The van der Waals surface area contributed by atoms with E-state index in [4.69, 9.17) is 10.5 Å². The number of carbonyl (C=O) groups excluding carboxylic acids is 2. The van der Waals surface area contributed by atoms with Crippen molar-refractivity contribution in [2.24, 2.45) is 0 Å². The van der Waals surface area contributed by atoms with Gasteiger partial charge in [0.25, 0.3) is 0 Å². The molecule has 0 radical (unpaired) electrons. The van der Waals surface area contributed by atoms with Crippen molar-refractivity contribution in [2.45, 2.75) is 63.7 Å². The normalized spacial score (nSPS) is 25.7. The number of amides is 1. The van der Waals surface area contributed by atoms with E-state index < -0.39 is 30.6 Å². The van der Waals surface area contributed by atoms with Crippen molar-refractivity contribution in [3.63, 3.8) is 0 Å². The van der Waals surface area contributed by atoms with Crippen molar-refractivity contribution in [2.75, 3.05) is 5.73 Å². The lowest BCUT2D eigenvalue weighted by molar-refractivity contribution is -0.127. The third kappa shape index (κ3) is 3.81. The summed E-state index contributed by atoms with van der Waals surface area (Å²) in [5.74, 6) is -0.187. The van der Waals surface area contributed by atoms with Gasteiger partial charge in [-0.1, -0.05) is 6.92 Å². The zero-order valence-corrected chi connectivity index (χ0v) is 15.6. The van der Waals surface area contributed by atoms with E-state index in [1.165, 1.54) is 17.2 Å². The monoisotopic (exact) mass is 392 g/mol. The Hall–Kier alpha value is -2.63. The minimum Gasteiger partial charge on any atom is -0.388 e. The number of carbonyl (C=O) groups is 2. The molecule has 1 saturated heterocycles. The Labute approximate surface area is 160 Å². The Balaban J connectivity index is 1.66. The fourth-order valence-electron chi connectivity index (χ4n) is 3.18. The van der Waals surface area contributed by atoms with Gasteiger partial charge in [-0.3, -0.25) is 14.2 Å². The lowest BCUT2D eigenvalue weighted by Gasteiger charge is -2.17. The SMILES string of the molecule is CCC(=O)NC(C)C(=O)CCC1O[C@@H](n2cnc3c(N)ncnc32)[C@H](O)[C@@H]1O. The molecule has 2 aromatic rings. The first-order valence-corrected chi connectivity index (χ1v) is 9.10. The van der Waals surface area contributed by atoms with Gasteiger partial charge in [0.05, 0.1) is 18.5 Å². The maximum Gasteiger partial charge on any atom is 0.220 e. The zero-order chi connectivity index (χ0) is 20.4. The number of anilines is 1. The lowest BCUT2D eigenvalue weighted by Crippen LogP contribution is -2.39. The molecule has 1 aliphatic heterocycles. The van der Waals surface area contributed by atoms with Crippen molar-refractivity contribution in [3.8, 4) is 0 Å². The number of imidazole rings is 1.